The Morgan fingerprint density at radius 2 is 1.54 bits per heavy atom. The molecule has 0 unspecified atom stereocenters. The van der Waals surface area contributed by atoms with Crippen LogP contribution in [0.2, 0.25) is 0 Å². The molecule has 2 N–H and O–H groups in total. The van der Waals surface area contributed by atoms with E-state index in [0.717, 1.165) is 0 Å². The smallest absolute Gasteiger partial charge is 0.338 e. The molecule has 1 aliphatic rings. The minimum Gasteiger partial charge on any atom is -0.465 e. The average Bonchev–Trinajstić information content (AvgIpc) is 3.00. The quantitative estimate of drug-likeness (QED) is 0.380. The van der Waals surface area contributed by atoms with Gasteiger partial charge in [0, 0.05) is 11.3 Å². The van der Waals surface area contributed by atoms with E-state index in [-0.39, 0.29) is 26.6 Å². The van der Waals surface area contributed by atoms with E-state index >= 15 is 0 Å². The van der Waals surface area contributed by atoms with Crippen LogP contribution in [-0.2, 0) is 14.6 Å². The number of methoxy groups -OCH3 is 1. The van der Waals surface area contributed by atoms with Gasteiger partial charge in [-0.25, -0.2) is 13.2 Å². The monoisotopic (exact) mass is 512 g/mol. The topological polar surface area (TPSA) is 119 Å². The number of amides is 2. The summed E-state index contributed by atoms with van der Waals surface area (Å²) in [5, 5.41) is 5.39. The summed E-state index contributed by atoms with van der Waals surface area (Å²) in [5.41, 5.74) is 2.39. The van der Waals surface area contributed by atoms with Gasteiger partial charge in [0.25, 0.3) is 11.8 Å². The van der Waals surface area contributed by atoms with Crippen molar-refractivity contribution in [3.63, 3.8) is 0 Å². The summed E-state index contributed by atoms with van der Waals surface area (Å²) < 4.78 is 31.2. The molecule has 0 atom stereocenters. The maximum Gasteiger partial charge on any atom is 0.338 e. The molecule has 0 spiro atoms. The van der Waals surface area contributed by atoms with Crippen molar-refractivity contribution >= 4 is 39.0 Å². The van der Waals surface area contributed by atoms with Crippen molar-refractivity contribution in [2.45, 2.75) is 9.79 Å². The maximum absolute atomic E-state index is 13.2. The van der Waals surface area contributed by atoms with Gasteiger partial charge in [0.2, 0.25) is 9.84 Å². The summed E-state index contributed by atoms with van der Waals surface area (Å²) >= 11 is 0. The number of hydrogen-bond donors (Lipinski definition) is 2. The summed E-state index contributed by atoms with van der Waals surface area (Å²) in [4.78, 5) is 37.7. The van der Waals surface area contributed by atoms with Crippen molar-refractivity contribution in [2.24, 2.45) is 0 Å². The Balaban J connectivity index is 1.46. The predicted octanol–water partition coefficient (Wildman–Crippen LogP) is 4.79. The van der Waals surface area contributed by atoms with Gasteiger partial charge in [-0.3, -0.25) is 9.59 Å². The molecule has 1 aliphatic heterocycles. The Labute approximate surface area is 212 Å². The van der Waals surface area contributed by atoms with E-state index in [1.54, 1.807) is 60.7 Å². The fourth-order valence-electron chi connectivity index (χ4n) is 4.19. The van der Waals surface area contributed by atoms with Gasteiger partial charge in [0.15, 0.2) is 0 Å². The molecule has 8 nitrogen and oxygen atoms in total. The van der Waals surface area contributed by atoms with Gasteiger partial charge in [-0.15, -0.1) is 0 Å². The third-order valence-corrected chi connectivity index (χ3v) is 7.83. The molecule has 0 radical (unpaired) electrons. The first-order valence-electron chi connectivity index (χ1n) is 11.2. The normalized spacial score (nSPS) is 13.4. The zero-order valence-corrected chi connectivity index (χ0v) is 20.3. The second-order valence-electron chi connectivity index (χ2n) is 8.24. The molecule has 1 heterocycles. The Bertz CT molecular complexity index is 1690. The van der Waals surface area contributed by atoms with Crippen molar-refractivity contribution in [3.05, 3.63) is 108 Å². The highest BCUT2D eigenvalue weighted by Gasteiger charge is 2.31. The molecule has 4 aromatic rings. The van der Waals surface area contributed by atoms with Crippen molar-refractivity contribution in [3.8, 4) is 11.1 Å². The van der Waals surface area contributed by atoms with Crippen LogP contribution in [0.15, 0.2) is 101 Å². The SMILES string of the molecule is COC(=O)c1ccccc1-c1cccc(NC(=O)c2ccc3c(c2)NC(=O)c2ccccc2S3(=O)=O)c1. The van der Waals surface area contributed by atoms with Gasteiger partial charge >= 0.3 is 5.97 Å². The molecule has 9 heteroatoms. The molecule has 0 fully saturated rings. The Kier molecular flexibility index (Phi) is 6.06. The van der Waals surface area contributed by atoms with Gasteiger partial charge < -0.3 is 15.4 Å². The first-order valence-corrected chi connectivity index (χ1v) is 12.7. The van der Waals surface area contributed by atoms with Gasteiger partial charge in [0.1, 0.15) is 0 Å². The van der Waals surface area contributed by atoms with Crippen molar-refractivity contribution in [1.29, 1.82) is 0 Å². The summed E-state index contributed by atoms with van der Waals surface area (Å²) in [5.74, 6) is -1.56. The molecule has 37 heavy (non-hydrogen) atoms. The van der Waals surface area contributed by atoms with Crippen LogP contribution in [0.1, 0.15) is 31.1 Å². The minimum atomic E-state index is -3.97. The maximum atomic E-state index is 13.2. The first-order chi connectivity index (χ1) is 17.8. The molecular formula is C28H20N2O6S. The second kappa shape index (κ2) is 9.36. The molecule has 0 bridgehead atoms. The standard InChI is InChI=1S/C28H20N2O6S/c1-36-28(33)21-10-3-2-9-20(21)17-7-6-8-19(15-17)29-26(31)18-13-14-25-23(16-18)30-27(32)22-11-4-5-12-24(22)37(25,34)35/h2-16H,1H3,(H,29,31)(H,30,32). The van der Waals surface area contributed by atoms with Crippen LogP contribution in [0.25, 0.3) is 11.1 Å². The molecule has 0 aromatic heterocycles. The van der Waals surface area contributed by atoms with Gasteiger partial charge in [0.05, 0.1) is 33.7 Å². The zero-order chi connectivity index (χ0) is 26.2. The lowest BCUT2D eigenvalue weighted by molar-refractivity contribution is 0.0601. The zero-order valence-electron chi connectivity index (χ0n) is 19.5. The first kappa shape index (κ1) is 24.0. The van der Waals surface area contributed by atoms with E-state index in [1.807, 2.05) is 0 Å². The molecule has 0 saturated carbocycles. The lowest BCUT2D eigenvalue weighted by Crippen LogP contribution is -2.14. The molecule has 184 valence electrons. The van der Waals surface area contributed by atoms with E-state index < -0.39 is 27.6 Å². The highest BCUT2D eigenvalue weighted by molar-refractivity contribution is 7.91. The van der Waals surface area contributed by atoms with E-state index in [9.17, 15) is 22.8 Å². The number of carbonyl (C=O) groups is 3. The Morgan fingerprint density at radius 1 is 0.811 bits per heavy atom. The van der Waals surface area contributed by atoms with Crippen LogP contribution < -0.4 is 10.6 Å². The van der Waals surface area contributed by atoms with Crippen LogP contribution in [-0.4, -0.2) is 33.3 Å². The average molecular weight is 513 g/mol. The molecule has 4 aromatic carbocycles. The van der Waals surface area contributed by atoms with E-state index in [4.69, 9.17) is 4.74 Å². The van der Waals surface area contributed by atoms with Crippen LogP contribution >= 0.6 is 0 Å². The highest BCUT2D eigenvalue weighted by atomic mass is 32.2. The minimum absolute atomic E-state index is 0.0228. The highest BCUT2D eigenvalue weighted by Crippen LogP contribution is 2.34. The molecule has 2 amide bonds. The van der Waals surface area contributed by atoms with Gasteiger partial charge in [-0.2, -0.15) is 0 Å². The predicted molar refractivity (Wildman–Crippen MR) is 137 cm³/mol. The lowest BCUT2D eigenvalue weighted by Gasteiger charge is -2.12. The van der Waals surface area contributed by atoms with E-state index in [1.165, 1.54) is 37.4 Å². The number of benzene rings is 4. The second-order valence-corrected chi connectivity index (χ2v) is 10.1. The Morgan fingerprint density at radius 3 is 2.32 bits per heavy atom. The fraction of sp³-hybridized carbons (Fsp3) is 0.0357. The van der Waals surface area contributed by atoms with Crippen LogP contribution in [0.5, 0.6) is 0 Å². The number of sulfone groups is 1. The van der Waals surface area contributed by atoms with Crippen molar-refractivity contribution < 1.29 is 27.5 Å². The van der Waals surface area contributed by atoms with Crippen molar-refractivity contribution in [1.82, 2.24) is 0 Å². The number of esters is 1. The summed E-state index contributed by atoms with van der Waals surface area (Å²) in [6, 6.07) is 23.9. The Hall–Kier alpha value is -4.76. The van der Waals surface area contributed by atoms with Crippen LogP contribution in [0.4, 0.5) is 11.4 Å². The molecule has 5 rings (SSSR count). The summed E-state index contributed by atoms with van der Waals surface area (Å²) in [6.45, 7) is 0. The number of fused-ring (bicyclic) bond motifs is 2. The largest absolute Gasteiger partial charge is 0.465 e. The van der Waals surface area contributed by atoms with Gasteiger partial charge in [-0.05, 0) is 59.7 Å². The van der Waals surface area contributed by atoms with E-state index in [0.29, 0.717) is 22.4 Å². The summed E-state index contributed by atoms with van der Waals surface area (Å²) in [6.07, 6.45) is 0. The van der Waals surface area contributed by atoms with Gasteiger partial charge in [-0.1, -0.05) is 42.5 Å². The number of ether oxygens (including phenoxy) is 1. The van der Waals surface area contributed by atoms with Crippen LogP contribution in [0, 0.1) is 0 Å². The number of nitrogens with one attached hydrogen (secondary N) is 2. The fourth-order valence-corrected chi connectivity index (χ4v) is 5.78. The number of hydrogen-bond acceptors (Lipinski definition) is 6. The third-order valence-electron chi connectivity index (χ3n) is 5.96. The van der Waals surface area contributed by atoms with Crippen molar-refractivity contribution in [2.75, 3.05) is 17.7 Å². The van der Waals surface area contributed by atoms with Crippen LogP contribution in [0.3, 0.4) is 0 Å². The molecular weight excluding hydrogens is 492 g/mol. The third kappa shape index (κ3) is 4.36. The lowest BCUT2D eigenvalue weighted by atomic mass is 9.99. The number of carbonyl (C=O) groups excluding carboxylic acids is 3. The summed E-state index contributed by atoms with van der Waals surface area (Å²) in [7, 11) is -2.67. The number of anilines is 2. The molecule has 0 aliphatic carbocycles. The van der Waals surface area contributed by atoms with E-state index in [2.05, 4.69) is 10.6 Å². The molecule has 0 saturated heterocycles. The number of rotatable bonds is 4.